The van der Waals surface area contributed by atoms with Gasteiger partial charge in [0, 0.05) is 31.3 Å². The van der Waals surface area contributed by atoms with E-state index in [0.717, 1.165) is 24.4 Å². The third-order valence-corrected chi connectivity index (χ3v) is 4.20. The van der Waals surface area contributed by atoms with Crippen LogP contribution < -0.4 is 0 Å². The fraction of sp³-hybridized carbons (Fsp3) is 0.353. The van der Waals surface area contributed by atoms with Crippen molar-refractivity contribution in [2.75, 3.05) is 13.6 Å². The number of nitrogens with zero attached hydrogens (tertiary/aromatic N) is 1. The van der Waals surface area contributed by atoms with Crippen LogP contribution in [0.3, 0.4) is 0 Å². The van der Waals surface area contributed by atoms with Crippen LogP contribution in [-0.2, 0) is 16.1 Å². The topological polar surface area (TPSA) is 29.5 Å². The van der Waals surface area contributed by atoms with Crippen LogP contribution in [0.25, 0.3) is 0 Å². The number of hydrogen-bond acceptors (Lipinski definition) is 4. The fourth-order valence-electron chi connectivity index (χ4n) is 2.25. The molecule has 0 spiro atoms. The fourth-order valence-corrected chi connectivity index (χ4v) is 3.04. The summed E-state index contributed by atoms with van der Waals surface area (Å²) in [6.45, 7) is 3.25. The molecule has 1 aromatic carbocycles. The average Bonchev–Trinajstić information content (AvgIpc) is 2.98. The summed E-state index contributed by atoms with van der Waals surface area (Å²) in [5, 5.41) is 2.01. The molecule has 0 N–H and O–H groups in total. The van der Waals surface area contributed by atoms with Gasteiger partial charge in [0.2, 0.25) is 0 Å². The number of carbonyl (C=O) groups excluding carboxylic acids is 1. The van der Waals surface area contributed by atoms with Crippen LogP contribution in [0.15, 0.2) is 47.8 Å². The summed E-state index contributed by atoms with van der Waals surface area (Å²) in [4.78, 5) is 14.6. The van der Waals surface area contributed by atoms with Crippen molar-refractivity contribution >= 4 is 17.3 Å². The van der Waals surface area contributed by atoms with Crippen molar-refractivity contribution in [2.24, 2.45) is 0 Å². The summed E-state index contributed by atoms with van der Waals surface area (Å²) in [5.41, 5.74) is 1.29. The van der Waals surface area contributed by atoms with Crippen LogP contribution in [-0.4, -0.2) is 24.5 Å². The molecule has 2 rings (SSSR count). The Balaban J connectivity index is 1.87. The smallest absolute Gasteiger partial charge is 0.303 e. The first kappa shape index (κ1) is 15.7. The zero-order valence-corrected chi connectivity index (χ0v) is 13.3. The van der Waals surface area contributed by atoms with E-state index in [-0.39, 0.29) is 12.1 Å². The lowest BCUT2D eigenvalue weighted by Crippen LogP contribution is -2.22. The first-order valence-electron chi connectivity index (χ1n) is 7.08. The van der Waals surface area contributed by atoms with Gasteiger partial charge in [-0.2, -0.15) is 0 Å². The van der Waals surface area contributed by atoms with Gasteiger partial charge in [-0.1, -0.05) is 36.4 Å². The predicted molar refractivity (Wildman–Crippen MR) is 86.2 cm³/mol. The Kier molecular flexibility index (Phi) is 5.96. The van der Waals surface area contributed by atoms with Gasteiger partial charge in [-0.05, 0) is 24.1 Å². The Labute approximate surface area is 130 Å². The van der Waals surface area contributed by atoms with Crippen LogP contribution >= 0.6 is 11.3 Å². The molecule has 21 heavy (non-hydrogen) atoms. The second kappa shape index (κ2) is 7.96. The van der Waals surface area contributed by atoms with Gasteiger partial charge in [0.05, 0.1) is 0 Å². The largest absolute Gasteiger partial charge is 0.457 e. The monoisotopic (exact) mass is 303 g/mol. The van der Waals surface area contributed by atoms with E-state index in [0.29, 0.717) is 0 Å². The van der Waals surface area contributed by atoms with Gasteiger partial charge in [0.25, 0.3) is 0 Å². The van der Waals surface area contributed by atoms with Crippen LogP contribution in [0.4, 0.5) is 0 Å². The molecule has 0 fully saturated rings. The average molecular weight is 303 g/mol. The minimum Gasteiger partial charge on any atom is -0.457 e. The Hall–Kier alpha value is -1.65. The van der Waals surface area contributed by atoms with Crippen molar-refractivity contribution in [2.45, 2.75) is 26.0 Å². The zero-order valence-electron chi connectivity index (χ0n) is 12.5. The number of rotatable bonds is 7. The van der Waals surface area contributed by atoms with E-state index in [2.05, 4.69) is 36.2 Å². The number of hydrogen-bond donors (Lipinski definition) is 0. The molecule has 1 heterocycles. The number of thiophene rings is 1. The van der Waals surface area contributed by atoms with Crippen molar-refractivity contribution in [1.82, 2.24) is 4.90 Å². The first-order valence-corrected chi connectivity index (χ1v) is 7.96. The normalized spacial score (nSPS) is 12.3. The number of esters is 1. The molecule has 4 heteroatoms. The van der Waals surface area contributed by atoms with Crippen molar-refractivity contribution in [3.05, 3.63) is 58.3 Å². The first-order chi connectivity index (χ1) is 10.1. The maximum atomic E-state index is 11.3. The molecule has 0 aliphatic carbocycles. The minimum atomic E-state index is -0.223. The Bertz CT molecular complexity index is 539. The summed E-state index contributed by atoms with van der Waals surface area (Å²) >= 11 is 1.63. The van der Waals surface area contributed by atoms with Gasteiger partial charge in [0.15, 0.2) is 0 Å². The molecule has 1 atom stereocenters. The van der Waals surface area contributed by atoms with E-state index in [4.69, 9.17) is 4.74 Å². The molecule has 2 aromatic rings. The highest BCUT2D eigenvalue weighted by molar-refractivity contribution is 7.10. The highest BCUT2D eigenvalue weighted by atomic mass is 32.1. The predicted octanol–water partition coefficient (Wildman–Crippen LogP) is 3.87. The number of ether oxygens (including phenoxy) is 1. The van der Waals surface area contributed by atoms with E-state index in [1.165, 1.54) is 12.5 Å². The Morgan fingerprint density at radius 1 is 1.24 bits per heavy atom. The van der Waals surface area contributed by atoms with Gasteiger partial charge in [-0.3, -0.25) is 4.79 Å². The molecular weight excluding hydrogens is 282 g/mol. The van der Waals surface area contributed by atoms with Crippen molar-refractivity contribution < 1.29 is 9.53 Å². The van der Waals surface area contributed by atoms with Crippen LogP contribution in [0, 0.1) is 0 Å². The molecule has 1 unspecified atom stereocenters. The third-order valence-electron chi connectivity index (χ3n) is 3.24. The van der Waals surface area contributed by atoms with E-state index < -0.39 is 0 Å². The van der Waals surface area contributed by atoms with Crippen molar-refractivity contribution in [3.8, 4) is 0 Å². The summed E-state index contributed by atoms with van der Waals surface area (Å²) in [7, 11) is 2.09. The second-order valence-corrected chi connectivity index (χ2v) is 6.10. The Morgan fingerprint density at radius 2 is 2.00 bits per heavy atom. The highest BCUT2D eigenvalue weighted by Gasteiger charge is 2.16. The highest BCUT2D eigenvalue weighted by Crippen LogP contribution is 2.26. The van der Waals surface area contributed by atoms with Crippen molar-refractivity contribution in [3.63, 3.8) is 0 Å². The van der Waals surface area contributed by atoms with E-state index in [1.807, 2.05) is 23.6 Å². The van der Waals surface area contributed by atoms with Crippen LogP contribution in [0.5, 0.6) is 0 Å². The maximum Gasteiger partial charge on any atom is 0.303 e. The molecule has 0 aliphatic rings. The maximum absolute atomic E-state index is 11.3. The lowest BCUT2D eigenvalue weighted by atomic mass is 10.2. The molecule has 0 radical (unpaired) electrons. The lowest BCUT2D eigenvalue weighted by Gasteiger charge is -2.21. The molecule has 3 nitrogen and oxygen atoms in total. The van der Waals surface area contributed by atoms with Crippen molar-refractivity contribution in [1.29, 1.82) is 0 Å². The van der Waals surface area contributed by atoms with Gasteiger partial charge in [0.1, 0.15) is 6.10 Å². The summed E-state index contributed by atoms with van der Waals surface area (Å²) in [6, 6.07) is 14.4. The van der Waals surface area contributed by atoms with Gasteiger partial charge in [-0.15, -0.1) is 11.3 Å². The Morgan fingerprint density at radius 3 is 2.62 bits per heavy atom. The quantitative estimate of drug-likeness (QED) is 0.727. The van der Waals surface area contributed by atoms with E-state index in [9.17, 15) is 4.79 Å². The summed E-state index contributed by atoms with van der Waals surface area (Å²) in [6.07, 6.45) is 0.671. The SMILES string of the molecule is CC(=O)OC(CCN(C)Cc1ccccc1)c1cccs1. The molecular formula is C17H21NO2S. The third kappa shape index (κ3) is 5.33. The summed E-state index contributed by atoms with van der Waals surface area (Å²) in [5.74, 6) is -0.223. The molecule has 112 valence electrons. The van der Waals surface area contributed by atoms with E-state index in [1.54, 1.807) is 11.3 Å². The molecule has 1 aromatic heterocycles. The van der Waals surface area contributed by atoms with Crippen LogP contribution in [0.2, 0.25) is 0 Å². The zero-order chi connectivity index (χ0) is 15.1. The van der Waals surface area contributed by atoms with Gasteiger partial charge < -0.3 is 9.64 Å². The minimum absolute atomic E-state index is 0.138. The summed E-state index contributed by atoms with van der Waals surface area (Å²) < 4.78 is 5.44. The standard InChI is InChI=1S/C17H21NO2S/c1-14(19)20-16(17-9-6-12-21-17)10-11-18(2)13-15-7-4-3-5-8-15/h3-9,12,16H,10-11,13H2,1-2H3. The van der Waals surface area contributed by atoms with Crippen LogP contribution in [0.1, 0.15) is 29.9 Å². The number of benzene rings is 1. The van der Waals surface area contributed by atoms with E-state index >= 15 is 0 Å². The number of carbonyl (C=O) groups is 1. The molecule has 0 saturated carbocycles. The van der Waals surface area contributed by atoms with Gasteiger partial charge >= 0.3 is 5.97 Å². The lowest BCUT2D eigenvalue weighted by molar-refractivity contribution is -0.147. The second-order valence-electron chi connectivity index (χ2n) is 5.13. The molecule has 0 aliphatic heterocycles. The molecule has 0 amide bonds. The van der Waals surface area contributed by atoms with Gasteiger partial charge in [-0.25, -0.2) is 0 Å². The molecule has 0 bridgehead atoms. The molecule has 0 saturated heterocycles.